The van der Waals surface area contributed by atoms with Gasteiger partial charge < -0.3 is 9.84 Å². The third-order valence-electron chi connectivity index (χ3n) is 6.75. The summed E-state index contributed by atoms with van der Waals surface area (Å²) in [7, 11) is 0. The molecule has 0 spiro atoms. The summed E-state index contributed by atoms with van der Waals surface area (Å²) >= 11 is 0. The minimum Gasteiger partial charge on any atom is -0.334 e. The second-order valence-corrected chi connectivity index (χ2v) is 9.34. The summed E-state index contributed by atoms with van der Waals surface area (Å²) in [6.45, 7) is 8.62. The molecule has 182 valence electrons. The van der Waals surface area contributed by atoms with Crippen LogP contribution in [0.4, 0.5) is 4.79 Å². The van der Waals surface area contributed by atoms with Crippen LogP contribution in [0.15, 0.2) is 83.0 Å². The van der Waals surface area contributed by atoms with E-state index >= 15 is 0 Å². The van der Waals surface area contributed by atoms with Crippen LogP contribution >= 0.6 is 0 Å². The number of carbonyl (C=O) groups excluding carboxylic acids is 1. The average Bonchev–Trinajstić information content (AvgIpc) is 3.37. The molecule has 1 aliphatic heterocycles. The number of aryl methyl sites for hydroxylation is 3. The van der Waals surface area contributed by atoms with Gasteiger partial charge in [0.05, 0.1) is 18.2 Å². The largest absolute Gasteiger partial charge is 0.334 e. The Labute approximate surface area is 211 Å². The maximum absolute atomic E-state index is 13.3. The van der Waals surface area contributed by atoms with Gasteiger partial charge in [-0.05, 0) is 43.9 Å². The van der Waals surface area contributed by atoms with Gasteiger partial charge in [0, 0.05) is 11.3 Å². The van der Waals surface area contributed by atoms with Crippen molar-refractivity contribution in [3.05, 3.63) is 112 Å². The van der Waals surface area contributed by atoms with Crippen molar-refractivity contribution in [3.63, 3.8) is 0 Å². The molecule has 0 bridgehead atoms. The van der Waals surface area contributed by atoms with Crippen LogP contribution in [-0.2, 0) is 13.0 Å². The van der Waals surface area contributed by atoms with Gasteiger partial charge in [-0.25, -0.2) is 4.79 Å². The van der Waals surface area contributed by atoms with Crippen LogP contribution in [0.5, 0.6) is 0 Å². The fraction of sp³-hybridized carbons (Fsp3) is 0.233. The highest BCUT2D eigenvalue weighted by Crippen LogP contribution is 2.38. The van der Waals surface area contributed by atoms with Gasteiger partial charge in [0.2, 0.25) is 5.82 Å². The maximum Gasteiger partial charge on any atom is 0.322 e. The number of benzene rings is 3. The van der Waals surface area contributed by atoms with Crippen LogP contribution in [0.25, 0.3) is 17.0 Å². The Morgan fingerprint density at radius 3 is 2.11 bits per heavy atom. The topological polar surface area (TPSA) is 71.3 Å². The summed E-state index contributed by atoms with van der Waals surface area (Å²) in [4.78, 5) is 19.8. The molecule has 36 heavy (non-hydrogen) atoms. The molecule has 1 unspecified atom stereocenters. The third kappa shape index (κ3) is 4.67. The van der Waals surface area contributed by atoms with Gasteiger partial charge in [0.1, 0.15) is 0 Å². The number of amides is 2. The Kier molecular flexibility index (Phi) is 6.42. The number of allylic oxidation sites excluding steroid dienone is 1. The molecule has 0 saturated carbocycles. The first kappa shape index (κ1) is 23.5. The van der Waals surface area contributed by atoms with Crippen molar-refractivity contribution in [2.24, 2.45) is 0 Å². The Hall–Kier alpha value is -4.19. The third-order valence-corrected chi connectivity index (χ3v) is 6.75. The van der Waals surface area contributed by atoms with E-state index in [-0.39, 0.29) is 6.03 Å². The zero-order valence-corrected chi connectivity index (χ0v) is 21.1. The van der Waals surface area contributed by atoms with E-state index in [9.17, 15) is 4.79 Å². The zero-order valence-electron chi connectivity index (χ0n) is 21.1. The molecule has 0 saturated heterocycles. The number of rotatable bonds is 6. The molecule has 0 aliphatic carbocycles. The number of nitrogens with one attached hydrogen (secondary N) is 1. The van der Waals surface area contributed by atoms with E-state index in [0.29, 0.717) is 18.3 Å². The van der Waals surface area contributed by atoms with Crippen molar-refractivity contribution in [3.8, 4) is 11.4 Å². The fourth-order valence-corrected chi connectivity index (χ4v) is 4.47. The summed E-state index contributed by atoms with van der Waals surface area (Å²) in [5, 5.41) is 7.45. The summed E-state index contributed by atoms with van der Waals surface area (Å²) in [6, 6.07) is 24.0. The highest BCUT2D eigenvalue weighted by molar-refractivity contribution is 5.86. The minimum atomic E-state index is -0.400. The monoisotopic (exact) mass is 478 g/mol. The SMILES string of the molecule is CCc1ccc(CN2C(=O)NC(c3ccc(C)cc3)C(c3nc(-c4ccc(C)cc4)no3)=C2C)cc1. The standard InChI is InChI=1S/C30H30N4O2/c1-5-22-10-12-23(13-11-22)18-34-21(4)26(27(31-30(34)35)24-14-6-19(2)7-15-24)29-32-28(33-36-29)25-16-8-20(3)9-17-25/h6-17,27H,5,18H2,1-4H3,(H,31,35). The molecule has 1 N–H and O–H groups in total. The fourth-order valence-electron chi connectivity index (χ4n) is 4.47. The molecule has 2 amide bonds. The summed E-state index contributed by atoms with van der Waals surface area (Å²) in [6.07, 6.45) is 0.978. The Morgan fingerprint density at radius 1 is 0.861 bits per heavy atom. The minimum absolute atomic E-state index is 0.153. The van der Waals surface area contributed by atoms with Crippen molar-refractivity contribution < 1.29 is 9.32 Å². The van der Waals surface area contributed by atoms with E-state index in [4.69, 9.17) is 9.51 Å². The predicted octanol–water partition coefficient (Wildman–Crippen LogP) is 6.61. The molecule has 0 fully saturated rings. The molecule has 4 aromatic rings. The maximum atomic E-state index is 13.3. The van der Waals surface area contributed by atoms with Gasteiger partial charge >= 0.3 is 6.03 Å². The molecule has 3 aromatic carbocycles. The van der Waals surface area contributed by atoms with E-state index in [1.54, 1.807) is 4.90 Å². The van der Waals surface area contributed by atoms with Crippen molar-refractivity contribution >= 4 is 11.6 Å². The Balaban J connectivity index is 1.57. The number of hydrogen-bond donors (Lipinski definition) is 1. The first-order valence-corrected chi connectivity index (χ1v) is 12.3. The lowest BCUT2D eigenvalue weighted by Gasteiger charge is -2.35. The Morgan fingerprint density at radius 2 is 1.47 bits per heavy atom. The van der Waals surface area contributed by atoms with Gasteiger partial charge in [-0.2, -0.15) is 4.98 Å². The van der Waals surface area contributed by atoms with Crippen LogP contribution in [0.3, 0.4) is 0 Å². The van der Waals surface area contributed by atoms with Gasteiger partial charge in [-0.1, -0.05) is 96.0 Å². The molecular weight excluding hydrogens is 448 g/mol. The molecule has 1 aliphatic rings. The van der Waals surface area contributed by atoms with Gasteiger partial charge in [0.15, 0.2) is 0 Å². The predicted molar refractivity (Wildman–Crippen MR) is 141 cm³/mol. The molecule has 6 heteroatoms. The van der Waals surface area contributed by atoms with E-state index < -0.39 is 6.04 Å². The Bertz CT molecular complexity index is 1400. The highest BCUT2D eigenvalue weighted by atomic mass is 16.5. The highest BCUT2D eigenvalue weighted by Gasteiger charge is 2.35. The number of hydrogen-bond acceptors (Lipinski definition) is 4. The van der Waals surface area contributed by atoms with Crippen molar-refractivity contribution in [1.29, 1.82) is 0 Å². The van der Waals surface area contributed by atoms with Crippen LogP contribution in [0.1, 0.15) is 53.6 Å². The van der Waals surface area contributed by atoms with E-state index in [1.807, 2.05) is 69.3 Å². The van der Waals surface area contributed by atoms with Crippen LogP contribution in [0.2, 0.25) is 0 Å². The van der Waals surface area contributed by atoms with Gasteiger partial charge in [-0.15, -0.1) is 0 Å². The molecule has 1 aromatic heterocycles. The number of aromatic nitrogens is 2. The van der Waals surface area contributed by atoms with Crippen molar-refractivity contribution in [2.45, 2.75) is 46.7 Å². The van der Waals surface area contributed by atoms with Crippen molar-refractivity contribution in [2.75, 3.05) is 0 Å². The number of carbonyl (C=O) groups is 1. The normalized spacial score (nSPS) is 15.8. The van der Waals surface area contributed by atoms with Crippen LogP contribution < -0.4 is 5.32 Å². The molecule has 6 nitrogen and oxygen atoms in total. The average molecular weight is 479 g/mol. The second kappa shape index (κ2) is 9.82. The lowest BCUT2D eigenvalue weighted by atomic mass is 9.94. The quantitative estimate of drug-likeness (QED) is 0.338. The van der Waals surface area contributed by atoms with E-state index in [1.165, 1.54) is 5.56 Å². The lowest BCUT2D eigenvalue weighted by molar-refractivity contribution is 0.203. The van der Waals surface area contributed by atoms with Crippen LogP contribution in [-0.4, -0.2) is 21.1 Å². The van der Waals surface area contributed by atoms with Gasteiger partial charge in [-0.3, -0.25) is 4.90 Å². The first-order valence-electron chi connectivity index (χ1n) is 12.3. The molecular formula is C30H30N4O2. The smallest absolute Gasteiger partial charge is 0.322 e. The van der Waals surface area contributed by atoms with Gasteiger partial charge in [0.25, 0.3) is 5.89 Å². The summed E-state index contributed by atoms with van der Waals surface area (Å²) in [5.41, 5.74) is 8.08. The van der Waals surface area contributed by atoms with E-state index in [2.05, 4.69) is 41.7 Å². The molecule has 5 rings (SSSR count). The molecule has 2 heterocycles. The number of nitrogens with zero attached hydrogens (tertiary/aromatic N) is 3. The van der Waals surface area contributed by atoms with Crippen LogP contribution in [0, 0.1) is 13.8 Å². The first-order chi connectivity index (χ1) is 17.4. The lowest BCUT2D eigenvalue weighted by Crippen LogP contribution is -2.45. The number of urea groups is 1. The zero-order chi connectivity index (χ0) is 25.2. The molecule has 0 radical (unpaired) electrons. The van der Waals surface area contributed by atoms with Crippen molar-refractivity contribution in [1.82, 2.24) is 20.4 Å². The molecule has 1 atom stereocenters. The summed E-state index contributed by atoms with van der Waals surface area (Å²) in [5.74, 6) is 0.923. The second-order valence-electron chi connectivity index (χ2n) is 9.34. The van der Waals surface area contributed by atoms with E-state index in [0.717, 1.165) is 45.5 Å². The summed E-state index contributed by atoms with van der Waals surface area (Å²) < 4.78 is 5.80.